The monoisotopic (exact) mass is 245 g/mol. The molecule has 7 nitrogen and oxygen atoms in total. The predicted octanol–water partition coefficient (Wildman–Crippen LogP) is -0.388. The van der Waals surface area contributed by atoms with Crippen molar-refractivity contribution in [2.45, 2.75) is 26.8 Å². The van der Waals surface area contributed by atoms with Gasteiger partial charge in [0.05, 0.1) is 0 Å². The summed E-state index contributed by atoms with van der Waals surface area (Å²) in [7, 11) is 1.36. The third-order valence-corrected chi connectivity index (χ3v) is 2.12. The molecule has 0 aromatic rings. The van der Waals surface area contributed by atoms with Crippen LogP contribution in [0.5, 0.6) is 0 Å². The zero-order valence-corrected chi connectivity index (χ0v) is 10.5. The number of urea groups is 1. The summed E-state index contributed by atoms with van der Waals surface area (Å²) in [5.41, 5.74) is 4.30. The van der Waals surface area contributed by atoms with Crippen LogP contribution in [0.4, 0.5) is 4.79 Å². The number of nitrogens with zero attached hydrogens (tertiary/aromatic N) is 1. The van der Waals surface area contributed by atoms with Crippen molar-refractivity contribution >= 4 is 17.9 Å². The first kappa shape index (κ1) is 15.2. The molecular weight excluding hydrogens is 226 g/mol. The highest BCUT2D eigenvalue weighted by molar-refractivity contribution is 5.86. The fourth-order valence-electron chi connectivity index (χ4n) is 1.19. The first-order valence-electron chi connectivity index (χ1n) is 5.08. The van der Waals surface area contributed by atoms with Crippen LogP contribution in [0.1, 0.15) is 20.8 Å². The number of hydrogen-bond donors (Lipinski definition) is 3. The summed E-state index contributed by atoms with van der Waals surface area (Å²) in [6.45, 7) is 4.82. The molecule has 0 aliphatic heterocycles. The Morgan fingerprint density at radius 2 is 1.82 bits per heavy atom. The van der Waals surface area contributed by atoms with Gasteiger partial charge in [0, 0.05) is 7.05 Å². The number of rotatable bonds is 4. The Morgan fingerprint density at radius 1 is 1.35 bits per heavy atom. The Hall–Kier alpha value is -1.79. The van der Waals surface area contributed by atoms with Crippen molar-refractivity contribution in [1.82, 2.24) is 10.2 Å². The van der Waals surface area contributed by atoms with Gasteiger partial charge in [-0.1, -0.05) is 20.8 Å². The third-order valence-electron chi connectivity index (χ3n) is 2.12. The highest BCUT2D eigenvalue weighted by Crippen LogP contribution is 2.19. The van der Waals surface area contributed by atoms with E-state index in [9.17, 15) is 14.4 Å². The van der Waals surface area contributed by atoms with Crippen molar-refractivity contribution in [2.24, 2.45) is 11.1 Å². The first-order chi connectivity index (χ1) is 7.55. The number of nitrogens with two attached hydrogens (primary N) is 1. The molecule has 0 fully saturated rings. The van der Waals surface area contributed by atoms with Gasteiger partial charge in [0.1, 0.15) is 12.6 Å². The van der Waals surface area contributed by atoms with E-state index in [1.165, 1.54) is 7.05 Å². The molecule has 0 bridgehead atoms. The van der Waals surface area contributed by atoms with Gasteiger partial charge in [-0.2, -0.15) is 0 Å². The Balaban J connectivity index is 4.63. The number of carbonyl (C=O) groups excluding carboxylic acids is 2. The number of nitrogens with one attached hydrogen (secondary N) is 1. The van der Waals surface area contributed by atoms with Crippen LogP contribution in [-0.2, 0) is 9.59 Å². The molecule has 0 rings (SSSR count). The van der Waals surface area contributed by atoms with Gasteiger partial charge >= 0.3 is 12.0 Å². The second-order valence-electron chi connectivity index (χ2n) is 4.91. The molecule has 0 unspecified atom stereocenters. The normalized spacial score (nSPS) is 12.7. The summed E-state index contributed by atoms with van der Waals surface area (Å²) in [4.78, 5) is 34.2. The molecule has 0 aliphatic carbocycles. The van der Waals surface area contributed by atoms with E-state index in [2.05, 4.69) is 5.32 Å². The quantitative estimate of drug-likeness (QED) is 0.626. The molecular formula is C10H19N3O4. The lowest BCUT2D eigenvalue weighted by Crippen LogP contribution is -2.53. The third kappa shape index (κ3) is 5.19. The van der Waals surface area contributed by atoms with Crippen LogP contribution >= 0.6 is 0 Å². The van der Waals surface area contributed by atoms with Crippen molar-refractivity contribution < 1.29 is 19.5 Å². The van der Waals surface area contributed by atoms with Crippen molar-refractivity contribution in [3.63, 3.8) is 0 Å². The second kappa shape index (κ2) is 5.51. The molecule has 0 spiro atoms. The topological polar surface area (TPSA) is 113 Å². The van der Waals surface area contributed by atoms with Crippen molar-refractivity contribution in [3.05, 3.63) is 0 Å². The van der Waals surface area contributed by atoms with Crippen LogP contribution < -0.4 is 11.1 Å². The number of aliphatic carboxylic acids is 1. The van der Waals surface area contributed by atoms with E-state index in [0.29, 0.717) is 0 Å². The van der Waals surface area contributed by atoms with Crippen molar-refractivity contribution in [1.29, 1.82) is 0 Å². The SMILES string of the molecule is CN(CC(N)=O)C(=O)N[C@@H](C(=O)O)C(C)(C)C. The lowest BCUT2D eigenvalue weighted by Gasteiger charge is -2.29. The molecule has 0 saturated carbocycles. The smallest absolute Gasteiger partial charge is 0.326 e. The van der Waals surface area contributed by atoms with Crippen LogP contribution in [0.3, 0.4) is 0 Å². The molecule has 0 heterocycles. The van der Waals surface area contributed by atoms with Crippen molar-refractivity contribution in [2.75, 3.05) is 13.6 Å². The highest BCUT2D eigenvalue weighted by Gasteiger charge is 2.33. The van der Waals surface area contributed by atoms with Crippen LogP contribution in [0.25, 0.3) is 0 Å². The molecule has 7 heteroatoms. The maximum Gasteiger partial charge on any atom is 0.326 e. The number of carboxylic acids is 1. The average molecular weight is 245 g/mol. The van der Waals surface area contributed by atoms with Crippen LogP contribution in [0.2, 0.25) is 0 Å². The predicted molar refractivity (Wildman–Crippen MR) is 61.2 cm³/mol. The molecule has 98 valence electrons. The Labute approximate surface area is 100.0 Å². The summed E-state index contributed by atoms with van der Waals surface area (Å²) in [6.07, 6.45) is 0. The van der Waals surface area contributed by atoms with E-state index in [0.717, 1.165) is 4.90 Å². The Bertz CT molecular complexity index is 322. The molecule has 0 aromatic carbocycles. The summed E-state index contributed by atoms with van der Waals surface area (Å²) in [5, 5.41) is 11.3. The lowest BCUT2D eigenvalue weighted by atomic mass is 9.87. The average Bonchev–Trinajstić information content (AvgIpc) is 2.09. The van der Waals surface area contributed by atoms with Gasteiger partial charge in [0.15, 0.2) is 0 Å². The summed E-state index contributed by atoms with van der Waals surface area (Å²) < 4.78 is 0. The minimum Gasteiger partial charge on any atom is -0.480 e. The zero-order valence-electron chi connectivity index (χ0n) is 10.5. The number of amides is 3. The molecule has 4 N–H and O–H groups in total. The number of carbonyl (C=O) groups is 3. The zero-order chi connectivity index (χ0) is 13.8. The highest BCUT2D eigenvalue weighted by atomic mass is 16.4. The largest absolute Gasteiger partial charge is 0.480 e. The Kier molecular flexibility index (Phi) is 4.93. The van der Waals surface area contributed by atoms with E-state index < -0.39 is 29.4 Å². The fourth-order valence-corrected chi connectivity index (χ4v) is 1.19. The van der Waals surface area contributed by atoms with E-state index in [1.54, 1.807) is 20.8 Å². The number of hydrogen-bond acceptors (Lipinski definition) is 3. The van der Waals surface area contributed by atoms with Gasteiger partial charge < -0.3 is 21.1 Å². The van der Waals surface area contributed by atoms with Gasteiger partial charge in [-0.05, 0) is 5.41 Å². The van der Waals surface area contributed by atoms with Crippen molar-refractivity contribution in [3.8, 4) is 0 Å². The van der Waals surface area contributed by atoms with Crippen LogP contribution in [-0.4, -0.2) is 47.5 Å². The van der Waals surface area contributed by atoms with Gasteiger partial charge in [-0.25, -0.2) is 9.59 Å². The van der Waals surface area contributed by atoms with Gasteiger partial charge in [0.2, 0.25) is 5.91 Å². The Morgan fingerprint density at radius 3 is 2.12 bits per heavy atom. The van der Waals surface area contributed by atoms with Crippen LogP contribution in [0.15, 0.2) is 0 Å². The number of primary amides is 1. The molecule has 17 heavy (non-hydrogen) atoms. The van der Waals surface area contributed by atoms with Crippen LogP contribution in [0, 0.1) is 5.41 Å². The maximum atomic E-state index is 11.6. The lowest BCUT2D eigenvalue weighted by molar-refractivity contribution is -0.141. The maximum absolute atomic E-state index is 11.6. The van der Waals surface area contributed by atoms with E-state index in [4.69, 9.17) is 10.8 Å². The fraction of sp³-hybridized carbons (Fsp3) is 0.700. The molecule has 0 saturated heterocycles. The molecule has 3 amide bonds. The number of carboxylic acid groups (broad SMARTS) is 1. The second-order valence-corrected chi connectivity index (χ2v) is 4.91. The van der Waals surface area contributed by atoms with E-state index in [1.807, 2.05) is 0 Å². The molecule has 0 radical (unpaired) electrons. The summed E-state index contributed by atoms with van der Waals surface area (Å²) in [5.74, 6) is -1.79. The van der Waals surface area contributed by atoms with Gasteiger partial charge in [0.25, 0.3) is 0 Å². The standard InChI is InChI=1S/C10H19N3O4/c1-10(2,3)7(8(15)16)12-9(17)13(4)5-6(11)14/h7H,5H2,1-4H3,(H2,11,14)(H,12,17)(H,15,16)/t7-/m0/s1. The molecule has 0 aliphatic rings. The number of likely N-dealkylation sites (N-methyl/N-ethyl adjacent to an activating group) is 1. The molecule has 1 atom stereocenters. The van der Waals surface area contributed by atoms with E-state index >= 15 is 0 Å². The van der Waals surface area contributed by atoms with E-state index in [-0.39, 0.29) is 6.54 Å². The minimum absolute atomic E-state index is 0.262. The summed E-state index contributed by atoms with van der Waals surface area (Å²) >= 11 is 0. The first-order valence-corrected chi connectivity index (χ1v) is 5.08. The molecule has 0 aromatic heterocycles. The van der Waals surface area contributed by atoms with Gasteiger partial charge in [-0.15, -0.1) is 0 Å². The van der Waals surface area contributed by atoms with Gasteiger partial charge in [-0.3, -0.25) is 4.79 Å². The minimum atomic E-state index is -1.13. The summed E-state index contributed by atoms with van der Waals surface area (Å²) in [6, 6.07) is -1.68.